The highest BCUT2D eigenvalue weighted by molar-refractivity contribution is 5.81. The van der Waals surface area contributed by atoms with Gasteiger partial charge in [0.25, 0.3) is 0 Å². The van der Waals surface area contributed by atoms with Gasteiger partial charge >= 0.3 is 0 Å². The Morgan fingerprint density at radius 2 is 1.88 bits per heavy atom. The van der Waals surface area contributed by atoms with Gasteiger partial charge in [0, 0.05) is 26.2 Å². The van der Waals surface area contributed by atoms with Gasteiger partial charge < -0.3 is 15.5 Å². The van der Waals surface area contributed by atoms with Gasteiger partial charge in [0.1, 0.15) is 0 Å². The molecule has 5 nitrogen and oxygen atoms in total. The van der Waals surface area contributed by atoms with Crippen molar-refractivity contribution in [3.63, 3.8) is 0 Å². The van der Waals surface area contributed by atoms with Crippen LogP contribution >= 0.6 is 0 Å². The molecule has 0 aromatic rings. The quantitative estimate of drug-likeness (QED) is 0.668. The lowest BCUT2D eigenvalue weighted by Gasteiger charge is -2.34. The highest BCUT2D eigenvalue weighted by Crippen LogP contribution is 2.08. The SMILES string of the molecule is CC(C)C[C@H](N)C(=O)N1CCN(C=O)CC1. The molecule has 0 aromatic carbocycles. The largest absolute Gasteiger partial charge is 0.342 e. The van der Waals surface area contributed by atoms with Crippen LogP contribution in [0.3, 0.4) is 0 Å². The summed E-state index contributed by atoms with van der Waals surface area (Å²) in [6.07, 6.45) is 1.54. The molecule has 5 heteroatoms. The molecular formula is C11H21N3O2. The molecule has 0 aliphatic carbocycles. The molecule has 0 spiro atoms. The van der Waals surface area contributed by atoms with Crippen LogP contribution in [0.2, 0.25) is 0 Å². The van der Waals surface area contributed by atoms with Crippen molar-refractivity contribution >= 4 is 12.3 Å². The van der Waals surface area contributed by atoms with E-state index in [1.165, 1.54) is 0 Å². The first-order valence-electron chi connectivity index (χ1n) is 5.78. The van der Waals surface area contributed by atoms with Gasteiger partial charge in [-0.2, -0.15) is 0 Å². The Labute approximate surface area is 96.6 Å². The molecule has 1 saturated heterocycles. The smallest absolute Gasteiger partial charge is 0.239 e. The number of hydrogen-bond donors (Lipinski definition) is 1. The maximum atomic E-state index is 11.9. The molecule has 1 atom stereocenters. The minimum atomic E-state index is -0.400. The van der Waals surface area contributed by atoms with Gasteiger partial charge in [0.05, 0.1) is 6.04 Å². The first kappa shape index (κ1) is 13.0. The predicted octanol–water partition coefficient (Wildman–Crippen LogP) is -0.340. The van der Waals surface area contributed by atoms with Crippen LogP contribution in [0.15, 0.2) is 0 Å². The maximum absolute atomic E-state index is 11.9. The van der Waals surface area contributed by atoms with E-state index >= 15 is 0 Å². The van der Waals surface area contributed by atoms with Gasteiger partial charge in [-0.1, -0.05) is 13.8 Å². The molecule has 1 aliphatic rings. The molecule has 0 bridgehead atoms. The van der Waals surface area contributed by atoms with Crippen LogP contribution < -0.4 is 5.73 Å². The van der Waals surface area contributed by atoms with Crippen molar-refractivity contribution in [1.29, 1.82) is 0 Å². The zero-order valence-corrected chi connectivity index (χ0v) is 10.1. The fourth-order valence-corrected chi connectivity index (χ4v) is 1.89. The Morgan fingerprint density at radius 3 is 2.31 bits per heavy atom. The maximum Gasteiger partial charge on any atom is 0.239 e. The Kier molecular flexibility index (Phi) is 4.73. The van der Waals surface area contributed by atoms with E-state index in [4.69, 9.17) is 5.73 Å². The van der Waals surface area contributed by atoms with Gasteiger partial charge in [-0.3, -0.25) is 9.59 Å². The number of amides is 2. The minimum Gasteiger partial charge on any atom is -0.342 e. The normalized spacial score (nSPS) is 18.8. The molecule has 1 fully saturated rings. The van der Waals surface area contributed by atoms with Crippen molar-refractivity contribution in [2.45, 2.75) is 26.3 Å². The highest BCUT2D eigenvalue weighted by atomic mass is 16.2. The monoisotopic (exact) mass is 227 g/mol. The summed E-state index contributed by atoms with van der Waals surface area (Å²) in [6, 6.07) is -0.400. The molecule has 92 valence electrons. The van der Waals surface area contributed by atoms with E-state index in [0.29, 0.717) is 38.5 Å². The highest BCUT2D eigenvalue weighted by Gasteiger charge is 2.24. The molecule has 1 aliphatic heterocycles. The zero-order valence-electron chi connectivity index (χ0n) is 10.1. The fraction of sp³-hybridized carbons (Fsp3) is 0.818. The summed E-state index contributed by atoms with van der Waals surface area (Å²) in [7, 11) is 0. The van der Waals surface area contributed by atoms with E-state index in [-0.39, 0.29) is 5.91 Å². The van der Waals surface area contributed by atoms with Crippen LogP contribution in [0, 0.1) is 5.92 Å². The molecular weight excluding hydrogens is 206 g/mol. The molecule has 1 rings (SSSR count). The van der Waals surface area contributed by atoms with Gasteiger partial charge in [0.2, 0.25) is 12.3 Å². The number of nitrogens with zero attached hydrogens (tertiary/aromatic N) is 2. The summed E-state index contributed by atoms with van der Waals surface area (Å²) >= 11 is 0. The lowest BCUT2D eigenvalue weighted by Crippen LogP contribution is -2.53. The molecule has 0 saturated carbocycles. The Hall–Kier alpha value is -1.10. The van der Waals surface area contributed by atoms with E-state index in [0.717, 1.165) is 6.41 Å². The van der Waals surface area contributed by atoms with E-state index in [9.17, 15) is 9.59 Å². The average Bonchev–Trinajstić information content (AvgIpc) is 2.27. The molecule has 2 amide bonds. The van der Waals surface area contributed by atoms with E-state index < -0.39 is 6.04 Å². The van der Waals surface area contributed by atoms with Crippen molar-refractivity contribution in [3.8, 4) is 0 Å². The second kappa shape index (κ2) is 5.84. The number of piperazine rings is 1. The van der Waals surface area contributed by atoms with Crippen molar-refractivity contribution < 1.29 is 9.59 Å². The van der Waals surface area contributed by atoms with Crippen molar-refractivity contribution in [2.24, 2.45) is 11.7 Å². The summed E-state index contributed by atoms with van der Waals surface area (Å²) in [4.78, 5) is 25.9. The number of carbonyl (C=O) groups is 2. The van der Waals surface area contributed by atoms with E-state index in [1.54, 1.807) is 9.80 Å². The van der Waals surface area contributed by atoms with Crippen LogP contribution in [-0.2, 0) is 9.59 Å². The van der Waals surface area contributed by atoms with Gasteiger partial charge in [-0.25, -0.2) is 0 Å². The molecule has 0 radical (unpaired) electrons. The van der Waals surface area contributed by atoms with Gasteiger partial charge in [0.15, 0.2) is 0 Å². The van der Waals surface area contributed by atoms with Gasteiger partial charge in [-0.15, -0.1) is 0 Å². The summed E-state index contributed by atoms with van der Waals surface area (Å²) in [5.41, 5.74) is 5.84. The van der Waals surface area contributed by atoms with Crippen molar-refractivity contribution in [2.75, 3.05) is 26.2 Å². The number of hydrogen-bond acceptors (Lipinski definition) is 3. The molecule has 2 N–H and O–H groups in total. The third-order valence-electron chi connectivity index (χ3n) is 2.82. The first-order chi connectivity index (χ1) is 7.54. The first-order valence-corrected chi connectivity index (χ1v) is 5.78. The van der Waals surface area contributed by atoms with Crippen molar-refractivity contribution in [1.82, 2.24) is 9.80 Å². The lowest BCUT2D eigenvalue weighted by atomic mass is 10.0. The topological polar surface area (TPSA) is 66.6 Å². The fourth-order valence-electron chi connectivity index (χ4n) is 1.89. The molecule has 0 unspecified atom stereocenters. The zero-order chi connectivity index (χ0) is 12.1. The van der Waals surface area contributed by atoms with Gasteiger partial charge in [-0.05, 0) is 12.3 Å². The van der Waals surface area contributed by atoms with Crippen molar-refractivity contribution in [3.05, 3.63) is 0 Å². The molecule has 1 heterocycles. The average molecular weight is 227 g/mol. The third kappa shape index (κ3) is 3.48. The summed E-state index contributed by atoms with van der Waals surface area (Å²) < 4.78 is 0. The van der Waals surface area contributed by atoms with Crippen LogP contribution in [0.1, 0.15) is 20.3 Å². The van der Waals surface area contributed by atoms with E-state index in [2.05, 4.69) is 13.8 Å². The number of nitrogens with two attached hydrogens (primary N) is 1. The predicted molar refractivity (Wildman–Crippen MR) is 61.6 cm³/mol. The summed E-state index contributed by atoms with van der Waals surface area (Å²) in [5.74, 6) is 0.439. The van der Waals surface area contributed by atoms with Crippen LogP contribution in [-0.4, -0.2) is 54.3 Å². The van der Waals surface area contributed by atoms with Crippen LogP contribution in [0.4, 0.5) is 0 Å². The lowest BCUT2D eigenvalue weighted by molar-refractivity contribution is -0.136. The number of rotatable bonds is 4. The number of carbonyl (C=O) groups excluding carboxylic acids is 2. The third-order valence-corrected chi connectivity index (χ3v) is 2.82. The van der Waals surface area contributed by atoms with Crippen LogP contribution in [0.5, 0.6) is 0 Å². The Bertz CT molecular complexity index is 248. The van der Waals surface area contributed by atoms with Crippen LogP contribution in [0.25, 0.3) is 0 Å². The summed E-state index contributed by atoms with van der Waals surface area (Å²) in [5, 5.41) is 0. The minimum absolute atomic E-state index is 0.0132. The Morgan fingerprint density at radius 1 is 1.31 bits per heavy atom. The standard InChI is InChI=1S/C11H21N3O2/c1-9(2)7-10(12)11(16)14-5-3-13(8-15)4-6-14/h8-10H,3-7,12H2,1-2H3/t10-/m0/s1. The molecule has 0 aromatic heterocycles. The Balaban J connectivity index is 2.40. The van der Waals surface area contributed by atoms with E-state index in [1.807, 2.05) is 0 Å². The summed E-state index contributed by atoms with van der Waals surface area (Å²) in [6.45, 7) is 6.54. The second-order valence-corrected chi connectivity index (χ2v) is 4.70. The molecule has 16 heavy (non-hydrogen) atoms. The second-order valence-electron chi connectivity index (χ2n) is 4.70.